The molecule has 3 aromatic rings. The lowest BCUT2D eigenvalue weighted by Gasteiger charge is -2.12. The lowest BCUT2D eigenvalue weighted by molar-refractivity contribution is 0.560. The average molecular weight is 424 g/mol. The van der Waals surface area contributed by atoms with E-state index < -0.39 is 0 Å². The molecule has 0 aliphatic carbocycles. The minimum Gasteiger partial charge on any atom is -0.423 e. The van der Waals surface area contributed by atoms with Crippen LogP contribution in [0.4, 0.5) is 11.4 Å². The second-order valence-corrected chi connectivity index (χ2v) is 6.89. The maximum atomic E-state index is 11.5. The SMILES string of the molecule is Cc1cc(=O)oc2cc(NC(=S)Nc3ccc(Br)cc3Cl)ccc12. The quantitative estimate of drug-likeness (QED) is 0.431. The minimum absolute atomic E-state index is 0.375. The van der Waals surface area contributed by atoms with E-state index in [-0.39, 0.29) is 5.63 Å². The molecule has 0 saturated heterocycles. The van der Waals surface area contributed by atoms with Crippen LogP contribution < -0.4 is 16.3 Å². The molecule has 0 unspecified atom stereocenters. The van der Waals surface area contributed by atoms with Gasteiger partial charge in [-0.3, -0.25) is 0 Å². The van der Waals surface area contributed by atoms with Crippen LogP contribution in [-0.2, 0) is 0 Å². The Bertz CT molecular complexity index is 1000. The molecule has 3 rings (SSSR count). The fourth-order valence-corrected chi connectivity index (χ4v) is 3.23. The highest BCUT2D eigenvalue weighted by molar-refractivity contribution is 9.10. The van der Waals surface area contributed by atoms with E-state index in [1.807, 2.05) is 31.2 Å². The zero-order chi connectivity index (χ0) is 17.3. The number of aryl methyl sites for hydroxylation is 1. The van der Waals surface area contributed by atoms with E-state index >= 15 is 0 Å². The van der Waals surface area contributed by atoms with Crippen LogP contribution in [0.15, 0.2) is 56.1 Å². The zero-order valence-electron chi connectivity index (χ0n) is 12.5. The average Bonchev–Trinajstić information content (AvgIpc) is 2.49. The molecule has 0 radical (unpaired) electrons. The molecule has 0 atom stereocenters. The number of fused-ring (bicyclic) bond motifs is 1. The topological polar surface area (TPSA) is 54.3 Å². The summed E-state index contributed by atoms with van der Waals surface area (Å²) in [5.74, 6) is 0. The normalized spacial score (nSPS) is 10.6. The molecule has 4 nitrogen and oxygen atoms in total. The van der Waals surface area contributed by atoms with E-state index in [2.05, 4.69) is 26.6 Å². The summed E-state index contributed by atoms with van der Waals surface area (Å²) in [6, 6.07) is 12.4. The van der Waals surface area contributed by atoms with Crippen molar-refractivity contribution in [3.63, 3.8) is 0 Å². The van der Waals surface area contributed by atoms with Gasteiger partial charge in [0.25, 0.3) is 0 Å². The van der Waals surface area contributed by atoms with Gasteiger partial charge >= 0.3 is 5.63 Å². The fraction of sp³-hybridized carbons (Fsp3) is 0.0588. The van der Waals surface area contributed by atoms with Crippen LogP contribution in [0.1, 0.15) is 5.56 Å². The monoisotopic (exact) mass is 422 g/mol. The first-order valence-corrected chi connectivity index (χ1v) is 8.58. The summed E-state index contributed by atoms with van der Waals surface area (Å²) < 4.78 is 6.12. The Hall–Kier alpha value is -1.89. The maximum absolute atomic E-state index is 11.5. The molecule has 0 spiro atoms. The standard InChI is InChI=1S/C17H12BrClN2O2S/c1-9-6-16(22)23-15-8-11(3-4-12(9)15)20-17(24)21-14-5-2-10(18)7-13(14)19/h2-8H,1H3,(H2,20,21,24). The highest BCUT2D eigenvalue weighted by atomic mass is 79.9. The van der Waals surface area contributed by atoms with Crippen molar-refractivity contribution in [2.45, 2.75) is 6.92 Å². The van der Waals surface area contributed by atoms with E-state index in [1.54, 1.807) is 12.1 Å². The van der Waals surface area contributed by atoms with Gasteiger partial charge < -0.3 is 15.1 Å². The van der Waals surface area contributed by atoms with Gasteiger partial charge in [-0.1, -0.05) is 27.5 Å². The summed E-state index contributed by atoms with van der Waals surface area (Å²) >= 11 is 14.8. The predicted molar refractivity (Wildman–Crippen MR) is 106 cm³/mol. The number of rotatable bonds is 2. The molecule has 2 N–H and O–H groups in total. The van der Waals surface area contributed by atoms with Gasteiger partial charge in [0.15, 0.2) is 5.11 Å². The third-order valence-corrected chi connectivity index (χ3v) is 4.40. The number of hydrogen-bond acceptors (Lipinski definition) is 3. The summed E-state index contributed by atoms with van der Waals surface area (Å²) in [4.78, 5) is 11.5. The smallest absolute Gasteiger partial charge is 0.336 e. The summed E-state index contributed by atoms with van der Waals surface area (Å²) in [7, 11) is 0. The minimum atomic E-state index is -0.375. The van der Waals surface area contributed by atoms with Crippen molar-refractivity contribution in [2.75, 3.05) is 10.6 Å². The van der Waals surface area contributed by atoms with E-state index in [4.69, 9.17) is 28.2 Å². The van der Waals surface area contributed by atoms with Crippen molar-refractivity contribution >= 4 is 67.2 Å². The second kappa shape index (κ2) is 6.93. The van der Waals surface area contributed by atoms with E-state index in [9.17, 15) is 4.79 Å². The molecule has 24 heavy (non-hydrogen) atoms. The molecule has 0 bridgehead atoms. The van der Waals surface area contributed by atoms with Gasteiger partial charge in [0.1, 0.15) is 5.58 Å². The Kier molecular flexibility index (Phi) is 4.89. The molecular formula is C17H12BrClN2O2S. The number of hydrogen-bond donors (Lipinski definition) is 2. The second-order valence-electron chi connectivity index (χ2n) is 5.16. The van der Waals surface area contributed by atoms with Crippen molar-refractivity contribution in [1.82, 2.24) is 0 Å². The Labute approximate surface area is 156 Å². The van der Waals surface area contributed by atoms with Crippen molar-refractivity contribution in [3.8, 4) is 0 Å². The van der Waals surface area contributed by atoms with Crippen molar-refractivity contribution in [3.05, 3.63) is 67.9 Å². The molecule has 122 valence electrons. The van der Waals surface area contributed by atoms with E-state index in [1.165, 1.54) is 6.07 Å². The fourth-order valence-electron chi connectivity index (χ4n) is 2.28. The predicted octanol–water partition coefficient (Wildman–Crippen LogP) is 5.33. The van der Waals surface area contributed by atoms with Crippen LogP contribution in [0.3, 0.4) is 0 Å². The van der Waals surface area contributed by atoms with Crippen molar-refractivity contribution in [2.24, 2.45) is 0 Å². The molecule has 2 aromatic carbocycles. The first kappa shape index (κ1) is 17.0. The first-order valence-electron chi connectivity index (χ1n) is 7.00. The summed E-state index contributed by atoms with van der Waals surface area (Å²) in [5.41, 5.74) is 2.41. The molecule has 0 fully saturated rings. The van der Waals surface area contributed by atoms with Gasteiger partial charge in [0, 0.05) is 27.7 Å². The zero-order valence-corrected chi connectivity index (χ0v) is 15.7. The molecule has 0 saturated carbocycles. The highest BCUT2D eigenvalue weighted by Crippen LogP contribution is 2.26. The van der Waals surface area contributed by atoms with Gasteiger partial charge in [0.05, 0.1) is 10.7 Å². The number of benzene rings is 2. The third kappa shape index (κ3) is 3.77. The van der Waals surface area contributed by atoms with Crippen LogP contribution in [0.25, 0.3) is 11.0 Å². The molecule has 7 heteroatoms. The Morgan fingerprint density at radius 1 is 1.17 bits per heavy atom. The third-order valence-electron chi connectivity index (χ3n) is 3.39. The number of thiocarbonyl (C=S) groups is 1. The largest absolute Gasteiger partial charge is 0.423 e. The first-order chi connectivity index (χ1) is 11.4. The molecule has 1 aromatic heterocycles. The van der Waals surface area contributed by atoms with Gasteiger partial charge in [-0.2, -0.15) is 0 Å². The van der Waals surface area contributed by atoms with Gasteiger partial charge in [0.2, 0.25) is 0 Å². The van der Waals surface area contributed by atoms with Gasteiger partial charge in [-0.05, 0) is 55.0 Å². The van der Waals surface area contributed by atoms with Crippen LogP contribution in [0.2, 0.25) is 5.02 Å². The van der Waals surface area contributed by atoms with E-state index in [0.717, 1.165) is 15.4 Å². The Morgan fingerprint density at radius 3 is 2.71 bits per heavy atom. The number of halogens is 2. The van der Waals surface area contributed by atoms with Crippen LogP contribution >= 0.6 is 39.7 Å². The highest BCUT2D eigenvalue weighted by Gasteiger charge is 2.06. The van der Waals surface area contributed by atoms with Crippen LogP contribution in [-0.4, -0.2) is 5.11 Å². The molecule has 0 aliphatic rings. The summed E-state index contributed by atoms with van der Waals surface area (Å²) in [6.45, 7) is 1.87. The number of anilines is 2. The van der Waals surface area contributed by atoms with Gasteiger partial charge in [-0.15, -0.1) is 0 Å². The van der Waals surface area contributed by atoms with Crippen molar-refractivity contribution < 1.29 is 4.42 Å². The lowest BCUT2D eigenvalue weighted by Crippen LogP contribution is -2.19. The Balaban J connectivity index is 1.81. The number of nitrogens with one attached hydrogen (secondary N) is 2. The van der Waals surface area contributed by atoms with Crippen LogP contribution in [0.5, 0.6) is 0 Å². The van der Waals surface area contributed by atoms with Gasteiger partial charge in [-0.25, -0.2) is 4.79 Å². The van der Waals surface area contributed by atoms with E-state index in [0.29, 0.717) is 27.1 Å². The Morgan fingerprint density at radius 2 is 1.96 bits per heavy atom. The molecule has 0 aliphatic heterocycles. The maximum Gasteiger partial charge on any atom is 0.336 e. The molecule has 1 heterocycles. The summed E-state index contributed by atoms with van der Waals surface area (Å²) in [5, 5.41) is 7.90. The lowest BCUT2D eigenvalue weighted by atomic mass is 10.1. The molecular weight excluding hydrogens is 412 g/mol. The molecule has 0 amide bonds. The summed E-state index contributed by atoms with van der Waals surface area (Å²) in [6.07, 6.45) is 0. The van der Waals surface area contributed by atoms with Crippen LogP contribution in [0, 0.1) is 6.92 Å². The van der Waals surface area contributed by atoms with Crippen molar-refractivity contribution in [1.29, 1.82) is 0 Å².